The zero-order valence-electron chi connectivity index (χ0n) is 13.1. The first-order valence-corrected chi connectivity index (χ1v) is 7.65. The molecule has 0 spiro atoms. The quantitative estimate of drug-likeness (QED) is 0.898. The van der Waals surface area contributed by atoms with Crippen LogP contribution in [-0.2, 0) is 4.74 Å². The van der Waals surface area contributed by atoms with Gasteiger partial charge in [-0.25, -0.2) is 0 Å². The van der Waals surface area contributed by atoms with E-state index in [0.29, 0.717) is 5.92 Å². The summed E-state index contributed by atoms with van der Waals surface area (Å²) in [6, 6.07) is 6.62. The molecular formula is C17H28N2O. The van der Waals surface area contributed by atoms with Crippen molar-refractivity contribution in [1.29, 1.82) is 0 Å². The van der Waals surface area contributed by atoms with Gasteiger partial charge in [-0.15, -0.1) is 0 Å². The molecule has 1 aliphatic heterocycles. The lowest BCUT2D eigenvalue weighted by Crippen LogP contribution is -2.35. The van der Waals surface area contributed by atoms with E-state index in [1.807, 2.05) is 0 Å². The maximum atomic E-state index is 6.40. The maximum Gasteiger partial charge on any atom is 0.0506 e. The molecule has 20 heavy (non-hydrogen) atoms. The Kier molecular flexibility index (Phi) is 5.58. The Hall–Kier alpha value is -0.900. The molecule has 2 atom stereocenters. The lowest BCUT2D eigenvalue weighted by Gasteiger charge is -2.29. The van der Waals surface area contributed by atoms with Crippen LogP contribution in [0.1, 0.15) is 35.6 Å². The minimum Gasteiger partial charge on any atom is -0.381 e. The van der Waals surface area contributed by atoms with E-state index in [0.717, 1.165) is 26.3 Å². The number of nitrogens with zero attached hydrogens (tertiary/aromatic N) is 1. The summed E-state index contributed by atoms with van der Waals surface area (Å²) in [6.45, 7) is 8.09. The van der Waals surface area contributed by atoms with E-state index in [1.165, 1.54) is 29.5 Å². The van der Waals surface area contributed by atoms with E-state index in [1.54, 1.807) is 0 Å². The lowest BCUT2D eigenvalue weighted by atomic mass is 9.98. The van der Waals surface area contributed by atoms with Crippen molar-refractivity contribution in [2.75, 3.05) is 33.4 Å². The minimum atomic E-state index is 0.0874. The minimum absolute atomic E-state index is 0.0874. The van der Waals surface area contributed by atoms with Crippen molar-refractivity contribution >= 4 is 0 Å². The molecule has 0 amide bonds. The molecule has 3 nitrogen and oxygen atoms in total. The first-order valence-electron chi connectivity index (χ1n) is 7.65. The second kappa shape index (κ2) is 7.21. The van der Waals surface area contributed by atoms with Gasteiger partial charge in [-0.05, 0) is 50.8 Å². The second-order valence-electron chi connectivity index (χ2n) is 6.27. The van der Waals surface area contributed by atoms with Crippen LogP contribution in [-0.4, -0.2) is 38.3 Å². The van der Waals surface area contributed by atoms with E-state index in [9.17, 15) is 0 Å². The Balaban J connectivity index is 1.89. The molecule has 2 N–H and O–H groups in total. The molecule has 2 rings (SSSR count). The molecule has 0 saturated carbocycles. The van der Waals surface area contributed by atoms with Gasteiger partial charge in [0.15, 0.2) is 0 Å². The highest BCUT2D eigenvalue weighted by atomic mass is 16.5. The van der Waals surface area contributed by atoms with Crippen LogP contribution in [0.5, 0.6) is 0 Å². The molecule has 3 heteroatoms. The molecule has 0 aliphatic carbocycles. The van der Waals surface area contributed by atoms with E-state index in [4.69, 9.17) is 10.5 Å². The van der Waals surface area contributed by atoms with Crippen LogP contribution >= 0.6 is 0 Å². The highest BCUT2D eigenvalue weighted by Gasteiger charge is 2.18. The van der Waals surface area contributed by atoms with E-state index in [-0.39, 0.29) is 6.04 Å². The van der Waals surface area contributed by atoms with Crippen molar-refractivity contribution in [2.45, 2.75) is 32.7 Å². The number of aryl methyl sites for hydroxylation is 2. The van der Waals surface area contributed by atoms with Crippen molar-refractivity contribution in [2.24, 2.45) is 11.7 Å². The number of ether oxygens (including phenoxy) is 1. The van der Waals surface area contributed by atoms with Gasteiger partial charge in [-0.1, -0.05) is 23.8 Å². The van der Waals surface area contributed by atoms with Gasteiger partial charge in [0.2, 0.25) is 0 Å². The fraction of sp³-hybridized carbons (Fsp3) is 0.647. The third kappa shape index (κ3) is 4.30. The Morgan fingerprint density at radius 3 is 2.90 bits per heavy atom. The summed E-state index contributed by atoms with van der Waals surface area (Å²) >= 11 is 0. The molecule has 0 aromatic heterocycles. The number of rotatable bonds is 5. The molecule has 0 radical (unpaired) electrons. The number of hydrogen-bond acceptors (Lipinski definition) is 3. The van der Waals surface area contributed by atoms with Crippen molar-refractivity contribution in [1.82, 2.24) is 4.90 Å². The standard InChI is InChI=1S/C17H28N2O/c1-13-6-7-14(2)16(9-13)17(18)11-19(3)10-15-5-4-8-20-12-15/h6-7,9,15,17H,4-5,8,10-12,18H2,1-3H3. The van der Waals surface area contributed by atoms with Crippen LogP contribution in [0.15, 0.2) is 18.2 Å². The van der Waals surface area contributed by atoms with Crippen LogP contribution < -0.4 is 5.73 Å². The van der Waals surface area contributed by atoms with E-state index < -0.39 is 0 Å². The third-order valence-corrected chi connectivity index (χ3v) is 4.17. The Morgan fingerprint density at radius 1 is 1.40 bits per heavy atom. The predicted octanol–water partition coefficient (Wildman–Crippen LogP) is 2.66. The molecule has 2 unspecified atom stereocenters. The van der Waals surface area contributed by atoms with Gasteiger partial charge in [-0.2, -0.15) is 0 Å². The van der Waals surface area contributed by atoms with Gasteiger partial charge < -0.3 is 15.4 Å². The Bertz CT molecular complexity index is 427. The fourth-order valence-electron chi connectivity index (χ4n) is 3.06. The molecular weight excluding hydrogens is 248 g/mol. The van der Waals surface area contributed by atoms with Crippen molar-refractivity contribution in [3.63, 3.8) is 0 Å². The van der Waals surface area contributed by atoms with E-state index in [2.05, 4.69) is 44.0 Å². The molecule has 1 aliphatic rings. The highest BCUT2D eigenvalue weighted by molar-refractivity contribution is 5.32. The molecule has 1 heterocycles. The van der Waals surface area contributed by atoms with E-state index >= 15 is 0 Å². The van der Waals surface area contributed by atoms with Crippen LogP contribution in [0.25, 0.3) is 0 Å². The third-order valence-electron chi connectivity index (χ3n) is 4.17. The topological polar surface area (TPSA) is 38.5 Å². The smallest absolute Gasteiger partial charge is 0.0506 e. The lowest BCUT2D eigenvalue weighted by molar-refractivity contribution is 0.0414. The zero-order valence-corrected chi connectivity index (χ0v) is 13.1. The zero-order chi connectivity index (χ0) is 14.5. The summed E-state index contributed by atoms with van der Waals surface area (Å²) in [5.41, 5.74) is 10.2. The molecule has 112 valence electrons. The summed E-state index contributed by atoms with van der Waals surface area (Å²) in [6.07, 6.45) is 2.48. The largest absolute Gasteiger partial charge is 0.381 e. The average Bonchev–Trinajstić information content (AvgIpc) is 2.42. The molecule has 1 fully saturated rings. The highest BCUT2D eigenvalue weighted by Crippen LogP contribution is 2.20. The summed E-state index contributed by atoms with van der Waals surface area (Å²) < 4.78 is 5.55. The summed E-state index contributed by atoms with van der Waals surface area (Å²) in [5, 5.41) is 0. The van der Waals surface area contributed by atoms with Crippen molar-refractivity contribution in [3.05, 3.63) is 34.9 Å². The van der Waals surface area contributed by atoms with Crippen LogP contribution in [0, 0.1) is 19.8 Å². The summed E-state index contributed by atoms with van der Waals surface area (Å²) in [5.74, 6) is 0.666. The number of likely N-dealkylation sites (N-methyl/N-ethyl adjacent to an activating group) is 1. The van der Waals surface area contributed by atoms with Crippen molar-refractivity contribution in [3.8, 4) is 0 Å². The predicted molar refractivity (Wildman–Crippen MR) is 83.9 cm³/mol. The first-order chi connectivity index (χ1) is 9.56. The van der Waals surface area contributed by atoms with Gasteiger partial charge in [0.25, 0.3) is 0 Å². The molecule has 0 bridgehead atoms. The molecule has 1 aromatic rings. The SMILES string of the molecule is Cc1ccc(C)c(C(N)CN(C)CC2CCCOC2)c1. The number of hydrogen-bond donors (Lipinski definition) is 1. The van der Waals surface area contributed by atoms with Crippen LogP contribution in [0.2, 0.25) is 0 Å². The Labute approximate surface area is 123 Å². The second-order valence-corrected chi connectivity index (χ2v) is 6.27. The summed E-state index contributed by atoms with van der Waals surface area (Å²) in [4.78, 5) is 2.35. The van der Waals surface area contributed by atoms with Gasteiger partial charge in [0.1, 0.15) is 0 Å². The van der Waals surface area contributed by atoms with Gasteiger partial charge in [0, 0.05) is 25.7 Å². The maximum absolute atomic E-state index is 6.40. The number of benzene rings is 1. The average molecular weight is 276 g/mol. The number of nitrogens with two attached hydrogens (primary N) is 1. The first kappa shape index (κ1) is 15.5. The van der Waals surface area contributed by atoms with Crippen molar-refractivity contribution < 1.29 is 4.74 Å². The molecule has 1 aromatic carbocycles. The van der Waals surface area contributed by atoms with Gasteiger partial charge in [-0.3, -0.25) is 0 Å². The monoisotopic (exact) mass is 276 g/mol. The molecule has 1 saturated heterocycles. The van der Waals surface area contributed by atoms with Crippen LogP contribution in [0.4, 0.5) is 0 Å². The Morgan fingerprint density at radius 2 is 2.20 bits per heavy atom. The van der Waals surface area contributed by atoms with Gasteiger partial charge >= 0.3 is 0 Å². The van der Waals surface area contributed by atoms with Gasteiger partial charge in [0.05, 0.1) is 6.61 Å². The summed E-state index contributed by atoms with van der Waals surface area (Å²) in [7, 11) is 2.17. The van der Waals surface area contributed by atoms with Crippen LogP contribution in [0.3, 0.4) is 0 Å². The fourth-order valence-corrected chi connectivity index (χ4v) is 3.06. The normalized spacial score (nSPS) is 21.1.